The molecule has 2 atom stereocenters. The molecule has 98 valence electrons. The normalized spacial score (nSPS) is 15.3. The average Bonchev–Trinajstić information content (AvgIpc) is 2.21. The molecule has 0 saturated carbocycles. The number of rotatable bonds is 10. The molecule has 16 heavy (non-hydrogen) atoms. The third-order valence-corrected chi connectivity index (χ3v) is 3.93. The van der Waals surface area contributed by atoms with E-state index in [0.717, 1.165) is 39.1 Å². The Morgan fingerprint density at radius 3 is 2.38 bits per heavy atom. The molecular formula is C12H27NO2S. The van der Waals surface area contributed by atoms with Gasteiger partial charge in [0.2, 0.25) is 0 Å². The minimum Gasteiger partial charge on any atom is -0.380 e. The molecule has 0 aliphatic carbocycles. The van der Waals surface area contributed by atoms with E-state index in [2.05, 4.69) is 19.2 Å². The van der Waals surface area contributed by atoms with E-state index in [4.69, 9.17) is 4.74 Å². The molecule has 0 heterocycles. The van der Waals surface area contributed by atoms with Gasteiger partial charge < -0.3 is 10.1 Å². The molecule has 0 bridgehead atoms. The Balaban J connectivity index is 3.13. The molecule has 0 fully saturated rings. The van der Waals surface area contributed by atoms with Crippen molar-refractivity contribution in [2.45, 2.75) is 38.9 Å². The summed E-state index contributed by atoms with van der Waals surface area (Å²) < 4.78 is 16.5. The molecule has 1 N–H and O–H groups in total. The van der Waals surface area contributed by atoms with Crippen LogP contribution >= 0.6 is 0 Å². The second-order valence-electron chi connectivity index (χ2n) is 4.64. The van der Waals surface area contributed by atoms with Crippen LogP contribution in [0.4, 0.5) is 0 Å². The van der Waals surface area contributed by atoms with Crippen molar-refractivity contribution in [3.05, 3.63) is 0 Å². The first kappa shape index (κ1) is 16.1. The molecule has 0 aliphatic rings. The molecule has 0 amide bonds. The van der Waals surface area contributed by atoms with Crippen LogP contribution in [0, 0.1) is 5.92 Å². The minimum atomic E-state index is -0.697. The predicted octanol–water partition coefficient (Wildman–Crippen LogP) is 1.80. The van der Waals surface area contributed by atoms with E-state index in [1.165, 1.54) is 0 Å². The molecule has 0 rings (SSSR count). The Kier molecular flexibility index (Phi) is 10.3. The van der Waals surface area contributed by atoms with Gasteiger partial charge in [-0.15, -0.1) is 0 Å². The topological polar surface area (TPSA) is 38.3 Å². The van der Waals surface area contributed by atoms with Crippen LogP contribution in [0.25, 0.3) is 0 Å². The van der Waals surface area contributed by atoms with Gasteiger partial charge in [-0.05, 0) is 25.3 Å². The summed E-state index contributed by atoms with van der Waals surface area (Å²) in [6.07, 6.45) is 3.86. The van der Waals surface area contributed by atoms with Gasteiger partial charge in [0, 0.05) is 35.5 Å². The van der Waals surface area contributed by atoms with E-state index in [-0.39, 0.29) is 5.25 Å². The first-order valence-corrected chi connectivity index (χ1v) is 7.76. The highest BCUT2D eigenvalue weighted by Gasteiger charge is 2.04. The quantitative estimate of drug-likeness (QED) is 0.600. The lowest BCUT2D eigenvalue weighted by Crippen LogP contribution is -2.24. The lowest BCUT2D eigenvalue weighted by molar-refractivity contribution is 0.125. The third-order valence-electron chi connectivity index (χ3n) is 2.56. The molecule has 0 radical (unpaired) electrons. The van der Waals surface area contributed by atoms with Gasteiger partial charge in [0.25, 0.3) is 0 Å². The SMILES string of the molecule is CC(C)CCOCCNCCC(C)S(C)=O. The zero-order chi connectivity index (χ0) is 12.4. The highest BCUT2D eigenvalue weighted by atomic mass is 32.2. The summed E-state index contributed by atoms with van der Waals surface area (Å²) in [6.45, 7) is 9.87. The molecule has 3 nitrogen and oxygen atoms in total. The van der Waals surface area contributed by atoms with Crippen LogP contribution in [0.5, 0.6) is 0 Å². The van der Waals surface area contributed by atoms with Gasteiger partial charge in [-0.3, -0.25) is 4.21 Å². The molecule has 2 unspecified atom stereocenters. The monoisotopic (exact) mass is 249 g/mol. The third kappa shape index (κ3) is 10.6. The van der Waals surface area contributed by atoms with E-state index in [0.29, 0.717) is 5.92 Å². The molecule has 0 aromatic rings. The Hall–Kier alpha value is 0.0700. The van der Waals surface area contributed by atoms with E-state index in [1.54, 1.807) is 6.26 Å². The van der Waals surface area contributed by atoms with Gasteiger partial charge in [0.15, 0.2) is 0 Å². The summed E-state index contributed by atoms with van der Waals surface area (Å²) in [6, 6.07) is 0. The highest BCUT2D eigenvalue weighted by Crippen LogP contribution is 1.98. The van der Waals surface area contributed by atoms with Crippen LogP contribution in [0.15, 0.2) is 0 Å². The van der Waals surface area contributed by atoms with Gasteiger partial charge >= 0.3 is 0 Å². The fraction of sp³-hybridized carbons (Fsp3) is 1.00. The Morgan fingerprint density at radius 2 is 1.81 bits per heavy atom. The maximum Gasteiger partial charge on any atom is 0.0590 e. The van der Waals surface area contributed by atoms with Crippen molar-refractivity contribution in [3.8, 4) is 0 Å². The summed E-state index contributed by atoms with van der Waals surface area (Å²) in [5, 5.41) is 3.59. The lowest BCUT2D eigenvalue weighted by atomic mass is 10.1. The van der Waals surface area contributed by atoms with Crippen molar-refractivity contribution >= 4 is 10.8 Å². The zero-order valence-electron chi connectivity index (χ0n) is 11.1. The fourth-order valence-electron chi connectivity index (χ4n) is 1.16. The summed E-state index contributed by atoms with van der Waals surface area (Å²) in [7, 11) is -0.697. The van der Waals surface area contributed by atoms with E-state index >= 15 is 0 Å². The van der Waals surface area contributed by atoms with Crippen LogP contribution < -0.4 is 5.32 Å². The van der Waals surface area contributed by atoms with Crippen molar-refractivity contribution in [1.82, 2.24) is 5.32 Å². The number of hydrogen-bond donors (Lipinski definition) is 1. The zero-order valence-corrected chi connectivity index (χ0v) is 11.9. The first-order chi connectivity index (χ1) is 7.54. The van der Waals surface area contributed by atoms with Crippen molar-refractivity contribution in [3.63, 3.8) is 0 Å². The standard InChI is InChI=1S/C12H27NO2S/c1-11(2)6-9-15-10-8-13-7-5-12(3)16(4)14/h11-13H,5-10H2,1-4H3. The largest absolute Gasteiger partial charge is 0.380 e. The Morgan fingerprint density at radius 1 is 1.12 bits per heavy atom. The van der Waals surface area contributed by atoms with Gasteiger partial charge in [-0.25, -0.2) is 0 Å². The van der Waals surface area contributed by atoms with Crippen LogP contribution in [0.1, 0.15) is 33.6 Å². The average molecular weight is 249 g/mol. The minimum absolute atomic E-state index is 0.286. The Bertz CT molecular complexity index is 186. The van der Waals surface area contributed by atoms with Crippen LogP contribution in [-0.4, -0.2) is 42.0 Å². The van der Waals surface area contributed by atoms with E-state index in [1.807, 2.05) is 6.92 Å². The number of nitrogens with one attached hydrogen (secondary N) is 1. The lowest BCUT2D eigenvalue weighted by Gasteiger charge is -2.10. The van der Waals surface area contributed by atoms with Gasteiger partial charge in [0.05, 0.1) is 6.61 Å². The second kappa shape index (κ2) is 10.2. The van der Waals surface area contributed by atoms with Crippen LogP contribution in [0.2, 0.25) is 0 Å². The molecular weight excluding hydrogens is 222 g/mol. The van der Waals surface area contributed by atoms with E-state index < -0.39 is 10.8 Å². The molecule has 0 aromatic carbocycles. The summed E-state index contributed by atoms with van der Waals surface area (Å²) in [5.74, 6) is 0.716. The molecule has 4 heteroatoms. The molecule has 0 aliphatic heterocycles. The maximum absolute atomic E-state index is 11.1. The van der Waals surface area contributed by atoms with Crippen LogP contribution in [0.3, 0.4) is 0 Å². The van der Waals surface area contributed by atoms with Crippen molar-refractivity contribution in [1.29, 1.82) is 0 Å². The summed E-state index contributed by atoms with van der Waals surface area (Å²) in [4.78, 5) is 0. The number of ether oxygens (including phenoxy) is 1. The van der Waals surface area contributed by atoms with Gasteiger partial charge in [-0.1, -0.05) is 20.8 Å². The van der Waals surface area contributed by atoms with Gasteiger partial charge in [-0.2, -0.15) is 0 Å². The van der Waals surface area contributed by atoms with E-state index in [9.17, 15) is 4.21 Å². The summed E-state index contributed by atoms with van der Waals surface area (Å²) >= 11 is 0. The van der Waals surface area contributed by atoms with Crippen molar-refractivity contribution in [2.75, 3.05) is 32.6 Å². The molecule has 0 saturated heterocycles. The molecule has 0 spiro atoms. The van der Waals surface area contributed by atoms with Gasteiger partial charge in [0.1, 0.15) is 0 Å². The summed E-state index contributed by atoms with van der Waals surface area (Å²) in [5.41, 5.74) is 0. The fourth-order valence-corrected chi connectivity index (χ4v) is 1.61. The van der Waals surface area contributed by atoms with Crippen molar-refractivity contribution in [2.24, 2.45) is 5.92 Å². The van der Waals surface area contributed by atoms with Crippen molar-refractivity contribution < 1.29 is 8.95 Å². The second-order valence-corrected chi connectivity index (χ2v) is 6.44. The molecule has 0 aromatic heterocycles. The maximum atomic E-state index is 11.1. The highest BCUT2D eigenvalue weighted by molar-refractivity contribution is 7.84. The Labute approximate surface area is 103 Å². The smallest absolute Gasteiger partial charge is 0.0590 e. The first-order valence-electron chi connectivity index (χ1n) is 6.14. The number of hydrogen-bond acceptors (Lipinski definition) is 3. The predicted molar refractivity (Wildman–Crippen MR) is 71.3 cm³/mol. The van der Waals surface area contributed by atoms with Crippen LogP contribution in [-0.2, 0) is 15.5 Å².